The van der Waals surface area contributed by atoms with Crippen molar-refractivity contribution >= 4 is 35.4 Å². The second-order valence-electron chi connectivity index (χ2n) is 6.95. The molecule has 0 radical (unpaired) electrons. The monoisotopic (exact) mass is 401 g/mol. The maximum Gasteiger partial charge on any atom is 0.340 e. The standard InChI is InChI=1S/C24H23N3OS/c1-18-8-6-9-19(16-18)17-26-24(28)25-14-7-15-27-20-10-2-4-12-22(20)29-23-13-5-3-11-21(23)27/h2-6,8-13,16-17H,7,14-15H2,1H3,(H,25,28)/b26-17+. The number of fused-ring (bicyclic) bond motifs is 2. The third-order valence-corrected chi connectivity index (χ3v) is 5.87. The first-order valence-corrected chi connectivity index (χ1v) is 10.5. The Hall–Kier alpha value is -3.05. The third-order valence-electron chi connectivity index (χ3n) is 4.74. The van der Waals surface area contributed by atoms with Crippen LogP contribution in [0, 0.1) is 6.92 Å². The molecule has 1 aliphatic rings. The molecule has 1 N–H and O–H groups in total. The molecule has 5 heteroatoms. The minimum Gasteiger partial charge on any atom is -0.340 e. The first-order chi connectivity index (χ1) is 14.2. The van der Waals surface area contributed by atoms with Crippen LogP contribution in [0.25, 0.3) is 0 Å². The van der Waals surface area contributed by atoms with E-state index in [1.165, 1.54) is 21.2 Å². The van der Waals surface area contributed by atoms with E-state index in [0.717, 1.165) is 24.1 Å². The van der Waals surface area contributed by atoms with Gasteiger partial charge in [-0.1, -0.05) is 65.9 Å². The molecule has 0 saturated carbocycles. The van der Waals surface area contributed by atoms with Crippen LogP contribution in [-0.4, -0.2) is 25.3 Å². The van der Waals surface area contributed by atoms with E-state index >= 15 is 0 Å². The van der Waals surface area contributed by atoms with Crippen LogP contribution < -0.4 is 10.2 Å². The number of aliphatic imine (C=N–C) groups is 1. The first kappa shape index (κ1) is 19.3. The van der Waals surface area contributed by atoms with Crippen LogP contribution in [0.4, 0.5) is 16.2 Å². The summed E-state index contributed by atoms with van der Waals surface area (Å²) in [6.45, 7) is 3.43. The summed E-state index contributed by atoms with van der Waals surface area (Å²) in [5.74, 6) is 0. The van der Waals surface area contributed by atoms with Gasteiger partial charge in [-0.2, -0.15) is 0 Å². The molecule has 146 valence electrons. The second-order valence-corrected chi connectivity index (χ2v) is 8.03. The summed E-state index contributed by atoms with van der Waals surface area (Å²) < 4.78 is 0. The van der Waals surface area contributed by atoms with Gasteiger partial charge in [0, 0.05) is 29.1 Å². The summed E-state index contributed by atoms with van der Waals surface area (Å²) >= 11 is 1.81. The lowest BCUT2D eigenvalue weighted by Gasteiger charge is -2.32. The van der Waals surface area contributed by atoms with E-state index in [-0.39, 0.29) is 6.03 Å². The molecule has 0 aliphatic carbocycles. The number of amides is 2. The lowest BCUT2D eigenvalue weighted by molar-refractivity contribution is 0.249. The predicted molar refractivity (Wildman–Crippen MR) is 121 cm³/mol. The number of rotatable bonds is 5. The highest BCUT2D eigenvalue weighted by Gasteiger charge is 2.22. The molecule has 2 amide bonds. The van der Waals surface area contributed by atoms with E-state index in [4.69, 9.17) is 0 Å². The van der Waals surface area contributed by atoms with E-state index in [0.29, 0.717) is 6.54 Å². The largest absolute Gasteiger partial charge is 0.340 e. The molecule has 0 atom stereocenters. The number of anilines is 2. The highest BCUT2D eigenvalue weighted by molar-refractivity contribution is 7.99. The zero-order valence-electron chi connectivity index (χ0n) is 16.3. The molecule has 1 heterocycles. The van der Waals surface area contributed by atoms with Gasteiger partial charge in [-0.3, -0.25) is 0 Å². The van der Waals surface area contributed by atoms with Gasteiger partial charge in [-0.25, -0.2) is 9.79 Å². The maximum atomic E-state index is 12.0. The lowest BCUT2D eigenvalue weighted by Crippen LogP contribution is -2.27. The van der Waals surface area contributed by atoms with Crippen LogP contribution in [-0.2, 0) is 0 Å². The average Bonchev–Trinajstić information content (AvgIpc) is 2.74. The molecule has 4 rings (SSSR count). The van der Waals surface area contributed by atoms with Crippen molar-refractivity contribution in [2.75, 3.05) is 18.0 Å². The average molecular weight is 402 g/mol. The number of nitrogens with one attached hydrogen (secondary N) is 1. The summed E-state index contributed by atoms with van der Waals surface area (Å²) in [5, 5.41) is 2.89. The van der Waals surface area contributed by atoms with E-state index in [1.54, 1.807) is 18.0 Å². The Balaban J connectivity index is 1.35. The Morgan fingerprint density at radius 3 is 2.38 bits per heavy atom. The molecule has 3 aromatic carbocycles. The molecular formula is C24H23N3OS. The van der Waals surface area contributed by atoms with Gasteiger partial charge in [-0.05, 0) is 43.2 Å². The van der Waals surface area contributed by atoms with E-state index in [2.05, 4.69) is 63.7 Å². The zero-order chi connectivity index (χ0) is 20.1. The van der Waals surface area contributed by atoms with Crippen molar-refractivity contribution < 1.29 is 4.79 Å². The minimum atomic E-state index is -0.304. The van der Waals surface area contributed by atoms with Crippen LogP contribution in [0.3, 0.4) is 0 Å². The Morgan fingerprint density at radius 1 is 1.00 bits per heavy atom. The van der Waals surface area contributed by atoms with Crippen LogP contribution in [0.1, 0.15) is 17.5 Å². The van der Waals surface area contributed by atoms with Gasteiger partial charge in [-0.15, -0.1) is 0 Å². The molecule has 0 unspecified atom stereocenters. The van der Waals surface area contributed by atoms with Crippen molar-refractivity contribution in [3.8, 4) is 0 Å². The minimum absolute atomic E-state index is 0.304. The SMILES string of the molecule is Cc1cccc(/C=N/C(=O)NCCCN2c3ccccc3Sc3ccccc32)c1. The topological polar surface area (TPSA) is 44.7 Å². The fourth-order valence-corrected chi connectivity index (χ4v) is 4.48. The van der Waals surface area contributed by atoms with E-state index in [1.807, 2.05) is 31.2 Å². The van der Waals surface area contributed by atoms with E-state index < -0.39 is 0 Å². The number of urea groups is 1. The third kappa shape index (κ3) is 4.69. The highest BCUT2D eigenvalue weighted by Crippen LogP contribution is 2.47. The number of hydrogen-bond donors (Lipinski definition) is 1. The first-order valence-electron chi connectivity index (χ1n) is 9.73. The molecular weight excluding hydrogens is 378 g/mol. The molecule has 0 saturated heterocycles. The van der Waals surface area contributed by atoms with E-state index in [9.17, 15) is 4.79 Å². The summed E-state index contributed by atoms with van der Waals surface area (Å²) in [6, 6.07) is 24.5. The van der Waals surface area contributed by atoms with Gasteiger partial charge in [0.15, 0.2) is 0 Å². The maximum absolute atomic E-state index is 12.0. The fourth-order valence-electron chi connectivity index (χ4n) is 3.38. The Morgan fingerprint density at radius 2 is 1.69 bits per heavy atom. The van der Waals surface area contributed by atoms with Gasteiger partial charge >= 0.3 is 6.03 Å². The van der Waals surface area contributed by atoms with Crippen molar-refractivity contribution in [1.29, 1.82) is 0 Å². The van der Waals surface area contributed by atoms with Crippen LogP contribution in [0.5, 0.6) is 0 Å². The molecule has 0 spiro atoms. The zero-order valence-corrected chi connectivity index (χ0v) is 17.2. The van der Waals surface area contributed by atoms with Gasteiger partial charge in [0.1, 0.15) is 0 Å². The number of aryl methyl sites for hydroxylation is 1. The van der Waals surface area contributed by atoms with Gasteiger partial charge in [0.2, 0.25) is 0 Å². The lowest BCUT2D eigenvalue weighted by atomic mass is 10.2. The van der Waals surface area contributed by atoms with Gasteiger partial charge < -0.3 is 10.2 Å². The normalized spacial score (nSPS) is 12.5. The van der Waals surface area contributed by atoms with Crippen molar-refractivity contribution in [3.63, 3.8) is 0 Å². The van der Waals surface area contributed by atoms with Crippen molar-refractivity contribution in [3.05, 3.63) is 83.9 Å². The Kier molecular flexibility index (Phi) is 5.96. The second kappa shape index (κ2) is 8.97. The molecule has 0 aromatic heterocycles. The number of nitrogens with zero attached hydrogens (tertiary/aromatic N) is 2. The predicted octanol–water partition coefficient (Wildman–Crippen LogP) is 5.82. The number of hydrogen-bond acceptors (Lipinski definition) is 3. The van der Waals surface area contributed by atoms with Crippen LogP contribution >= 0.6 is 11.8 Å². The molecule has 4 nitrogen and oxygen atoms in total. The van der Waals surface area contributed by atoms with Gasteiger partial charge in [0.05, 0.1) is 11.4 Å². The summed E-state index contributed by atoms with van der Waals surface area (Å²) in [4.78, 5) is 20.9. The smallest absolute Gasteiger partial charge is 0.340 e. The molecule has 0 bridgehead atoms. The highest BCUT2D eigenvalue weighted by atomic mass is 32.2. The number of carbonyl (C=O) groups excluding carboxylic acids is 1. The van der Waals surface area contributed by atoms with Crippen LogP contribution in [0.15, 0.2) is 87.6 Å². The van der Waals surface area contributed by atoms with Crippen LogP contribution in [0.2, 0.25) is 0 Å². The molecule has 0 fully saturated rings. The fraction of sp³-hybridized carbons (Fsp3) is 0.167. The number of para-hydroxylation sites is 2. The number of carbonyl (C=O) groups is 1. The van der Waals surface area contributed by atoms with Gasteiger partial charge in [0.25, 0.3) is 0 Å². The molecule has 29 heavy (non-hydrogen) atoms. The Labute approximate surface area is 175 Å². The van der Waals surface area contributed by atoms with Crippen molar-refractivity contribution in [2.45, 2.75) is 23.1 Å². The summed E-state index contributed by atoms with van der Waals surface area (Å²) in [6.07, 6.45) is 2.44. The molecule has 3 aromatic rings. The Bertz CT molecular complexity index is 1000. The molecule has 1 aliphatic heterocycles. The van der Waals surface area contributed by atoms with Crippen molar-refractivity contribution in [1.82, 2.24) is 5.32 Å². The summed E-state index contributed by atoms with van der Waals surface area (Å²) in [7, 11) is 0. The summed E-state index contributed by atoms with van der Waals surface area (Å²) in [5.41, 5.74) is 4.52. The van der Waals surface area contributed by atoms with Crippen molar-refractivity contribution in [2.24, 2.45) is 4.99 Å². The number of benzene rings is 3. The quantitative estimate of drug-likeness (QED) is 0.433.